The molecule has 1 aromatic heterocycles. The highest BCUT2D eigenvalue weighted by molar-refractivity contribution is 7.90. The largest absolute Gasteiger partial charge is 0.497 e. The van der Waals surface area contributed by atoms with Gasteiger partial charge in [0.05, 0.1) is 30.3 Å². The first-order valence-corrected chi connectivity index (χ1v) is 8.90. The van der Waals surface area contributed by atoms with Crippen LogP contribution in [-0.2, 0) is 16.4 Å². The summed E-state index contributed by atoms with van der Waals surface area (Å²) in [6.07, 6.45) is 0.620. The number of hydrogen-bond donors (Lipinski definition) is 0. The SMILES string of the molecule is CCc1nn(S(=O)(=O)c2ccc(OC)cc2)c2ccc(OC)cc12. The smallest absolute Gasteiger partial charge is 0.283 e. The molecular formula is C17H18N2O4S. The van der Waals surface area contributed by atoms with E-state index in [4.69, 9.17) is 9.47 Å². The second-order valence-electron chi connectivity index (χ2n) is 5.21. The molecule has 0 radical (unpaired) electrons. The van der Waals surface area contributed by atoms with Crippen LogP contribution in [0.4, 0.5) is 0 Å². The third kappa shape index (κ3) is 2.60. The van der Waals surface area contributed by atoms with Crippen LogP contribution in [0.2, 0.25) is 0 Å². The second kappa shape index (κ2) is 6.16. The number of methoxy groups -OCH3 is 2. The summed E-state index contributed by atoms with van der Waals surface area (Å²) in [6.45, 7) is 1.94. The van der Waals surface area contributed by atoms with Crippen LogP contribution in [0, 0.1) is 0 Å². The van der Waals surface area contributed by atoms with Crippen LogP contribution in [0.15, 0.2) is 47.4 Å². The summed E-state index contributed by atoms with van der Waals surface area (Å²) in [5.74, 6) is 1.26. The van der Waals surface area contributed by atoms with Gasteiger partial charge in [0.25, 0.3) is 10.0 Å². The van der Waals surface area contributed by atoms with E-state index in [0.29, 0.717) is 29.1 Å². The first kappa shape index (κ1) is 16.3. The predicted molar refractivity (Wildman–Crippen MR) is 91.2 cm³/mol. The number of hydrogen-bond acceptors (Lipinski definition) is 5. The first-order valence-electron chi connectivity index (χ1n) is 7.46. The highest BCUT2D eigenvalue weighted by Gasteiger charge is 2.22. The lowest BCUT2D eigenvalue weighted by atomic mass is 10.2. The van der Waals surface area contributed by atoms with E-state index in [1.165, 1.54) is 19.2 Å². The molecule has 126 valence electrons. The van der Waals surface area contributed by atoms with Crippen LogP contribution in [0.3, 0.4) is 0 Å². The van der Waals surface area contributed by atoms with Gasteiger partial charge in [-0.15, -0.1) is 0 Å². The average Bonchev–Trinajstić information content (AvgIpc) is 3.00. The summed E-state index contributed by atoms with van der Waals surface area (Å²) in [6, 6.07) is 11.5. The Bertz CT molecular complexity index is 976. The number of aryl methyl sites for hydroxylation is 1. The monoisotopic (exact) mass is 346 g/mol. The van der Waals surface area contributed by atoms with E-state index < -0.39 is 10.0 Å². The van der Waals surface area contributed by atoms with E-state index in [9.17, 15) is 8.42 Å². The summed E-state index contributed by atoms with van der Waals surface area (Å²) in [4.78, 5) is 0.158. The number of nitrogens with zero attached hydrogens (tertiary/aromatic N) is 2. The summed E-state index contributed by atoms with van der Waals surface area (Å²) < 4.78 is 37.3. The zero-order valence-electron chi connectivity index (χ0n) is 13.7. The van der Waals surface area contributed by atoms with Crippen LogP contribution < -0.4 is 9.47 Å². The van der Waals surface area contributed by atoms with Crippen molar-refractivity contribution in [3.63, 3.8) is 0 Å². The minimum Gasteiger partial charge on any atom is -0.497 e. The number of benzene rings is 2. The third-order valence-corrected chi connectivity index (χ3v) is 5.45. The van der Waals surface area contributed by atoms with Crippen LogP contribution in [0.1, 0.15) is 12.6 Å². The average molecular weight is 346 g/mol. The first-order chi connectivity index (χ1) is 11.5. The summed E-state index contributed by atoms with van der Waals surface area (Å²) in [5, 5.41) is 5.09. The molecule has 0 aliphatic heterocycles. The van der Waals surface area contributed by atoms with Crippen molar-refractivity contribution in [2.24, 2.45) is 0 Å². The molecule has 0 amide bonds. The van der Waals surface area contributed by atoms with Crippen LogP contribution in [0.25, 0.3) is 10.9 Å². The van der Waals surface area contributed by atoms with Crippen molar-refractivity contribution in [2.75, 3.05) is 14.2 Å². The van der Waals surface area contributed by atoms with Crippen molar-refractivity contribution in [1.82, 2.24) is 9.19 Å². The van der Waals surface area contributed by atoms with Crippen molar-refractivity contribution >= 4 is 20.9 Å². The maximum absolute atomic E-state index is 13.0. The molecule has 0 aliphatic rings. The summed E-state index contributed by atoms with van der Waals surface area (Å²) >= 11 is 0. The van der Waals surface area contributed by atoms with Crippen molar-refractivity contribution in [3.8, 4) is 11.5 Å². The maximum Gasteiger partial charge on any atom is 0.283 e. The van der Waals surface area contributed by atoms with E-state index in [1.54, 1.807) is 37.4 Å². The molecule has 1 heterocycles. The van der Waals surface area contributed by atoms with Crippen LogP contribution in [0.5, 0.6) is 11.5 Å². The lowest BCUT2D eigenvalue weighted by Crippen LogP contribution is -2.14. The Hall–Kier alpha value is -2.54. The van der Waals surface area contributed by atoms with E-state index >= 15 is 0 Å². The lowest BCUT2D eigenvalue weighted by molar-refractivity contribution is 0.414. The van der Waals surface area contributed by atoms with Gasteiger partial charge >= 0.3 is 0 Å². The van der Waals surface area contributed by atoms with Gasteiger partial charge in [-0.25, -0.2) is 0 Å². The number of ether oxygens (including phenoxy) is 2. The molecule has 0 N–H and O–H groups in total. The van der Waals surface area contributed by atoms with Crippen molar-refractivity contribution in [1.29, 1.82) is 0 Å². The second-order valence-corrected chi connectivity index (χ2v) is 6.97. The van der Waals surface area contributed by atoms with Gasteiger partial charge in [-0.3, -0.25) is 0 Å². The van der Waals surface area contributed by atoms with E-state index in [0.717, 1.165) is 9.47 Å². The maximum atomic E-state index is 13.0. The van der Waals surface area contributed by atoms with Crippen molar-refractivity contribution in [3.05, 3.63) is 48.2 Å². The molecule has 7 heteroatoms. The molecule has 0 fully saturated rings. The molecular weight excluding hydrogens is 328 g/mol. The Morgan fingerprint density at radius 1 is 1.00 bits per heavy atom. The molecule has 6 nitrogen and oxygen atoms in total. The standard InChI is InChI=1S/C17H18N2O4S/c1-4-16-15-11-13(23-3)7-10-17(15)19(18-16)24(20,21)14-8-5-12(22-2)6-9-14/h5-11H,4H2,1-3H3. The fourth-order valence-corrected chi connectivity index (χ4v) is 3.85. The Morgan fingerprint density at radius 2 is 1.62 bits per heavy atom. The Morgan fingerprint density at radius 3 is 2.21 bits per heavy atom. The molecule has 0 bridgehead atoms. The molecule has 0 atom stereocenters. The van der Waals surface area contributed by atoms with Crippen molar-refractivity contribution < 1.29 is 17.9 Å². The molecule has 24 heavy (non-hydrogen) atoms. The zero-order valence-corrected chi connectivity index (χ0v) is 14.5. The predicted octanol–water partition coefficient (Wildman–Crippen LogP) is 2.85. The quantitative estimate of drug-likeness (QED) is 0.710. The van der Waals surface area contributed by atoms with Gasteiger partial charge in [0.2, 0.25) is 0 Å². The molecule has 0 saturated carbocycles. The van der Waals surface area contributed by atoms with Gasteiger partial charge in [0.15, 0.2) is 0 Å². The topological polar surface area (TPSA) is 70.4 Å². The minimum atomic E-state index is -3.79. The molecule has 0 unspecified atom stereocenters. The fraction of sp³-hybridized carbons (Fsp3) is 0.235. The molecule has 0 spiro atoms. The van der Waals surface area contributed by atoms with Gasteiger partial charge in [-0.1, -0.05) is 6.92 Å². The lowest BCUT2D eigenvalue weighted by Gasteiger charge is -2.07. The van der Waals surface area contributed by atoms with Gasteiger partial charge in [-0.05, 0) is 48.9 Å². The molecule has 0 aliphatic carbocycles. The molecule has 3 rings (SSSR count). The Kier molecular flexibility index (Phi) is 4.19. The number of fused-ring (bicyclic) bond motifs is 1. The number of aromatic nitrogens is 2. The molecule has 0 saturated heterocycles. The highest BCUT2D eigenvalue weighted by atomic mass is 32.2. The minimum absolute atomic E-state index is 0.158. The normalized spacial score (nSPS) is 11.6. The third-order valence-electron chi connectivity index (χ3n) is 3.85. The van der Waals surface area contributed by atoms with Crippen LogP contribution >= 0.6 is 0 Å². The van der Waals surface area contributed by atoms with Gasteiger partial charge in [0, 0.05) is 5.39 Å². The number of rotatable bonds is 5. The van der Waals surface area contributed by atoms with Gasteiger partial charge in [-0.2, -0.15) is 17.6 Å². The molecule has 3 aromatic rings. The zero-order chi connectivity index (χ0) is 17.3. The summed E-state index contributed by atoms with van der Waals surface area (Å²) in [7, 11) is -0.682. The fourth-order valence-electron chi connectivity index (χ4n) is 2.55. The van der Waals surface area contributed by atoms with E-state index in [2.05, 4.69) is 5.10 Å². The van der Waals surface area contributed by atoms with Crippen molar-refractivity contribution in [2.45, 2.75) is 18.2 Å². The summed E-state index contributed by atoms with van der Waals surface area (Å²) in [5.41, 5.74) is 1.24. The molecule has 2 aromatic carbocycles. The van der Waals surface area contributed by atoms with E-state index in [-0.39, 0.29) is 4.90 Å². The highest BCUT2D eigenvalue weighted by Crippen LogP contribution is 2.28. The van der Waals surface area contributed by atoms with Gasteiger partial charge in [0.1, 0.15) is 11.5 Å². The van der Waals surface area contributed by atoms with E-state index in [1.807, 2.05) is 6.92 Å². The Labute approximate surface area is 140 Å². The Balaban J connectivity index is 2.20. The van der Waals surface area contributed by atoms with Crippen LogP contribution in [-0.4, -0.2) is 31.8 Å². The van der Waals surface area contributed by atoms with Gasteiger partial charge < -0.3 is 9.47 Å².